The lowest BCUT2D eigenvalue weighted by atomic mass is 9.91. The maximum absolute atomic E-state index is 12.6. The van der Waals surface area contributed by atoms with E-state index in [0.717, 1.165) is 30.4 Å². The summed E-state index contributed by atoms with van der Waals surface area (Å²) in [6.07, 6.45) is 6.02. The van der Waals surface area contributed by atoms with Crippen LogP contribution in [0.4, 0.5) is 0 Å². The van der Waals surface area contributed by atoms with Gasteiger partial charge in [-0.05, 0) is 74.4 Å². The van der Waals surface area contributed by atoms with Crippen molar-refractivity contribution in [2.75, 3.05) is 6.54 Å². The van der Waals surface area contributed by atoms with Crippen LogP contribution < -0.4 is 5.73 Å². The van der Waals surface area contributed by atoms with Gasteiger partial charge in [0.15, 0.2) is 0 Å². The third-order valence-corrected chi connectivity index (χ3v) is 5.12. The normalized spacial score (nSPS) is 16.3. The van der Waals surface area contributed by atoms with E-state index in [2.05, 4.69) is 26.8 Å². The van der Waals surface area contributed by atoms with Gasteiger partial charge in [-0.3, -0.25) is 4.79 Å². The Kier molecular flexibility index (Phi) is 4.50. The molecule has 1 aliphatic rings. The van der Waals surface area contributed by atoms with Crippen molar-refractivity contribution in [2.24, 2.45) is 5.73 Å². The van der Waals surface area contributed by atoms with Gasteiger partial charge in [-0.2, -0.15) is 0 Å². The zero-order valence-electron chi connectivity index (χ0n) is 14.8. The van der Waals surface area contributed by atoms with Crippen LogP contribution in [-0.4, -0.2) is 22.9 Å². The number of carbonyl (C=O) groups is 1. The van der Waals surface area contributed by atoms with Crippen molar-refractivity contribution >= 4 is 5.91 Å². The summed E-state index contributed by atoms with van der Waals surface area (Å²) >= 11 is 0. The molecule has 0 aliphatic carbocycles. The second-order valence-corrected chi connectivity index (χ2v) is 7.36. The Bertz CT molecular complexity index is 732. The number of carbonyl (C=O) groups excluding carboxylic acids is 1. The Balaban J connectivity index is 1.58. The molecule has 0 saturated carbocycles. The smallest absolute Gasteiger partial charge is 0.254 e. The number of furan rings is 1. The van der Waals surface area contributed by atoms with Crippen molar-refractivity contribution in [2.45, 2.75) is 52.1 Å². The van der Waals surface area contributed by atoms with Gasteiger partial charge in [0.1, 0.15) is 0 Å². The van der Waals surface area contributed by atoms with Crippen LogP contribution in [0.3, 0.4) is 0 Å². The zero-order chi connectivity index (χ0) is 17.3. The first-order chi connectivity index (χ1) is 11.4. The average molecular weight is 326 g/mol. The summed E-state index contributed by atoms with van der Waals surface area (Å²) in [6.45, 7) is 7.61. The van der Waals surface area contributed by atoms with E-state index in [4.69, 9.17) is 10.2 Å². The maximum Gasteiger partial charge on any atom is 0.254 e. The van der Waals surface area contributed by atoms with E-state index in [1.165, 1.54) is 16.7 Å². The molecule has 1 aromatic heterocycles. The molecule has 1 unspecified atom stereocenters. The molecule has 0 bridgehead atoms. The monoisotopic (exact) mass is 326 g/mol. The first kappa shape index (κ1) is 16.8. The minimum absolute atomic E-state index is 0.138. The third kappa shape index (κ3) is 3.54. The van der Waals surface area contributed by atoms with E-state index in [9.17, 15) is 4.79 Å². The van der Waals surface area contributed by atoms with E-state index in [0.29, 0.717) is 13.1 Å². The highest BCUT2D eigenvalue weighted by atomic mass is 16.3. The van der Waals surface area contributed by atoms with Crippen LogP contribution >= 0.6 is 0 Å². The van der Waals surface area contributed by atoms with E-state index in [1.54, 1.807) is 12.5 Å². The van der Waals surface area contributed by atoms with Crippen LogP contribution in [0.1, 0.15) is 52.4 Å². The van der Waals surface area contributed by atoms with Gasteiger partial charge in [-0.1, -0.05) is 6.07 Å². The highest BCUT2D eigenvalue weighted by Gasteiger charge is 2.29. The van der Waals surface area contributed by atoms with E-state index in [1.807, 2.05) is 17.0 Å². The van der Waals surface area contributed by atoms with Crippen molar-refractivity contribution in [3.8, 4) is 0 Å². The molecular formula is C20H26N2O2. The Morgan fingerprint density at radius 3 is 2.71 bits per heavy atom. The zero-order valence-corrected chi connectivity index (χ0v) is 14.8. The molecule has 0 fully saturated rings. The van der Waals surface area contributed by atoms with Gasteiger partial charge in [0.2, 0.25) is 0 Å². The number of benzene rings is 1. The Labute approximate surface area is 143 Å². The Morgan fingerprint density at radius 1 is 1.25 bits per heavy atom. The van der Waals surface area contributed by atoms with Crippen LogP contribution in [0.5, 0.6) is 0 Å². The Hall–Kier alpha value is -2.07. The molecule has 1 atom stereocenters. The molecule has 2 N–H and O–H groups in total. The van der Waals surface area contributed by atoms with Gasteiger partial charge >= 0.3 is 0 Å². The molecule has 0 radical (unpaired) electrons. The standard InChI is InChI=1S/C20H26N2O2/c1-14-10-17-12-22(19(23)18(17)11-15(14)2)8-7-20(3,21)6-4-16-5-9-24-13-16/h5,9-11,13H,4,6-8,12,21H2,1-3H3. The van der Waals surface area contributed by atoms with Gasteiger partial charge in [-0.25, -0.2) is 0 Å². The molecule has 3 rings (SSSR count). The second-order valence-electron chi connectivity index (χ2n) is 7.36. The molecule has 1 aromatic carbocycles. The van der Waals surface area contributed by atoms with Gasteiger partial charge in [0, 0.05) is 24.2 Å². The van der Waals surface area contributed by atoms with E-state index in [-0.39, 0.29) is 11.4 Å². The lowest BCUT2D eigenvalue weighted by Crippen LogP contribution is -2.40. The number of hydrogen-bond acceptors (Lipinski definition) is 3. The number of amides is 1. The predicted molar refractivity (Wildman–Crippen MR) is 94.9 cm³/mol. The lowest BCUT2D eigenvalue weighted by Gasteiger charge is -2.27. The molecule has 1 aliphatic heterocycles. The predicted octanol–water partition coefficient (Wildman–Crippen LogP) is 3.59. The summed E-state index contributed by atoms with van der Waals surface area (Å²) in [5.41, 5.74) is 11.7. The molecule has 1 amide bonds. The number of nitrogens with zero attached hydrogens (tertiary/aromatic N) is 1. The first-order valence-corrected chi connectivity index (χ1v) is 8.55. The van der Waals surface area contributed by atoms with Gasteiger partial charge in [-0.15, -0.1) is 0 Å². The van der Waals surface area contributed by atoms with Crippen LogP contribution in [0.2, 0.25) is 0 Å². The van der Waals surface area contributed by atoms with Crippen molar-refractivity contribution in [3.05, 3.63) is 58.5 Å². The number of rotatable bonds is 6. The fourth-order valence-electron chi connectivity index (χ4n) is 3.21. The van der Waals surface area contributed by atoms with Crippen molar-refractivity contribution < 1.29 is 9.21 Å². The summed E-state index contributed by atoms with van der Waals surface area (Å²) in [5, 5.41) is 0. The summed E-state index contributed by atoms with van der Waals surface area (Å²) in [7, 11) is 0. The molecule has 2 aromatic rings. The molecule has 0 spiro atoms. The lowest BCUT2D eigenvalue weighted by molar-refractivity contribution is 0.0766. The van der Waals surface area contributed by atoms with Crippen molar-refractivity contribution in [1.82, 2.24) is 4.90 Å². The van der Waals surface area contributed by atoms with E-state index >= 15 is 0 Å². The number of fused-ring (bicyclic) bond motifs is 1. The second kappa shape index (κ2) is 6.44. The fraction of sp³-hybridized carbons (Fsp3) is 0.450. The minimum atomic E-state index is -0.293. The molecule has 24 heavy (non-hydrogen) atoms. The van der Waals surface area contributed by atoms with Crippen LogP contribution in [-0.2, 0) is 13.0 Å². The molecule has 2 heterocycles. The largest absolute Gasteiger partial charge is 0.472 e. The summed E-state index contributed by atoms with van der Waals surface area (Å²) < 4.78 is 5.10. The maximum atomic E-state index is 12.6. The van der Waals surface area contributed by atoms with Crippen LogP contribution in [0.15, 0.2) is 35.1 Å². The van der Waals surface area contributed by atoms with Gasteiger partial charge in [0.25, 0.3) is 5.91 Å². The molecule has 0 saturated heterocycles. The number of nitrogens with two attached hydrogens (primary N) is 1. The van der Waals surface area contributed by atoms with Gasteiger partial charge < -0.3 is 15.1 Å². The summed E-state index contributed by atoms with van der Waals surface area (Å²) in [5.74, 6) is 0.138. The average Bonchev–Trinajstić information content (AvgIpc) is 3.14. The van der Waals surface area contributed by atoms with E-state index < -0.39 is 0 Å². The molecule has 128 valence electrons. The van der Waals surface area contributed by atoms with Crippen molar-refractivity contribution in [1.29, 1.82) is 0 Å². The summed E-state index contributed by atoms with van der Waals surface area (Å²) in [4.78, 5) is 14.5. The number of hydrogen-bond donors (Lipinski definition) is 1. The van der Waals surface area contributed by atoms with Crippen LogP contribution in [0, 0.1) is 13.8 Å². The fourth-order valence-corrected chi connectivity index (χ4v) is 3.21. The summed E-state index contributed by atoms with van der Waals surface area (Å²) in [6, 6.07) is 6.14. The first-order valence-electron chi connectivity index (χ1n) is 8.55. The molecule has 4 nitrogen and oxygen atoms in total. The highest BCUT2D eigenvalue weighted by Crippen LogP contribution is 2.27. The highest BCUT2D eigenvalue weighted by molar-refractivity contribution is 5.98. The SMILES string of the molecule is Cc1cc2c(cc1C)C(=O)N(CCC(C)(N)CCc1ccoc1)C2. The van der Waals surface area contributed by atoms with Gasteiger partial charge in [0.05, 0.1) is 12.5 Å². The molecular weight excluding hydrogens is 300 g/mol. The topological polar surface area (TPSA) is 59.5 Å². The quantitative estimate of drug-likeness (QED) is 0.882. The minimum Gasteiger partial charge on any atom is -0.472 e. The number of aryl methyl sites for hydroxylation is 3. The Morgan fingerprint density at radius 2 is 2.00 bits per heavy atom. The van der Waals surface area contributed by atoms with Crippen molar-refractivity contribution in [3.63, 3.8) is 0 Å². The third-order valence-electron chi connectivity index (χ3n) is 5.12. The molecule has 4 heteroatoms. The van der Waals surface area contributed by atoms with Crippen LogP contribution in [0.25, 0.3) is 0 Å².